The summed E-state index contributed by atoms with van der Waals surface area (Å²) < 4.78 is 75.7. The average Bonchev–Trinajstić information content (AvgIpc) is 3.21. The van der Waals surface area contributed by atoms with Gasteiger partial charge in [-0.1, -0.05) is 12.1 Å². The Hall–Kier alpha value is -3.46. The Morgan fingerprint density at radius 2 is 1.71 bits per heavy atom. The van der Waals surface area contributed by atoms with E-state index in [1.54, 1.807) is 6.20 Å². The first-order valence-corrected chi connectivity index (χ1v) is 11.1. The van der Waals surface area contributed by atoms with Gasteiger partial charge in [-0.2, -0.15) is 26.3 Å². The first-order chi connectivity index (χ1) is 17.7. The number of alkyl halides is 6. The predicted octanol–water partition coefficient (Wildman–Crippen LogP) is 3.95. The van der Waals surface area contributed by atoms with Gasteiger partial charge in [-0.25, -0.2) is 14.6 Å². The molecule has 0 bridgehead atoms. The van der Waals surface area contributed by atoms with Crippen molar-refractivity contribution in [3.63, 3.8) is 0 Å². The maximum absolute atomic E-state index is 10.6. The molecule has 0 radical (unpaired) electrons. The minimum absolute atomic E-state index is 0.0695. The zero-order valence-corrected chi connectivity index (χ0v) is 19.8. The largest absolute Gasteiger partial charge is 0.490 e. The smallest absolute Gasteiger partial charge is 0.475 e. The number of aromatic nitrogens is 2. The Bertz CT molecular complexity index is 1000. The number of ether oxygens (including phenoxy) is 2. The molecule has 2 atom stereocenters. The highest BCUT2D eigenvalue weighted by molar-refractivity contribution is 5.73. The number of hydrogen-bond acceptors (Lipinski definition) is 7. The second kappa shape index (κ2) is 13.4. The van der Waals surface area contributed by atoms with Gasteiger partial charge in [-0.05, 0) is 37.1 Å². The molecule has 0 unspecified atom stereocenters. The Morgan fingerprint density at radius 1 is 1.05 bits per heavy atom. The summed E-state index contributed by atoms with van der Waals surface area (Å²) in [6, 6.07) is 9.89. The van der Waals surface area contributed by atoms with E-state index < -0.39 is 24.3 Å². The summed E-state index contributed by atoms with van der Waals surface area (Å²) in [4.78, 5) is 28.7. The van der Waals surface area contributed by atoms with Gasteiger partial charge in [0.05, 0.1) is 12.2 Å². The highest BCUT2D eigenvalue weighted by Crippen LogP contribution is 2.36. The highest BCUT2D eigenvalue weighted by Gasteiger charge is 2.44. The lowest BCUT2D eigenvalue weighted by molar-refractivity contribution is -0.193. The Kier molecular flexibility index (Phi) is 10.8. The van der Waals surface area contributed by atoms with E-state index in [-0.39, 0.29) is 11.7 Å². The molecule has 4 heterocycles. The normalized spacial score (nSPS) is 21.5. The van der Waals surface area contributed by atoms with Crippen molar-refractivity contribution in [2.75, 3.05) is 19.7 Å². The molecule has 210 valence electrons. The van der Waals surface area contributed by atoms with Crippen LogP contribution in [-0.2, 0) is 20.9 Å². The molecule has 0 aliphatic carbocycles. The van der Waals surface area contributed by atoms with E-state index in [1.165, 1.54) is 5.56 Å². The number of piperidine rings is 1. The van der Waals surface area contributed by atoms with Crippen molar-refractivity contribution in [1.29, 1.82) is 0 Å². The molecular formula is C23H25F6N3O6. The van der Waals surface area contributed by atoms with Crippen LogP contribution in [0.4, 0.5) is 26.3 Å². The van der Waals surface area contributed by atoms with Crippen LogP contribution in [0.3, 0.4) is 0 Å². The van der Waals surface area contributed by atoms with E-state index in [2.05, 4.69) is 20.9 Å². The molecule has 2 aliphatic heterocycles. The fourth-order valence-corrected chi connectivity index (χ4v) is 3.83. The molecule has 4 rings (SSSR count). The summed E-state index contributed by atoms with van der Waals surface area (Å²) in [6.07, 6.45) is -1.33. The summed E-state index contributed by atoms with van der Waals surface area (Å²) >= 11 is 0. The Balaban J connectivity index is 0.000000301. The van der Waals surface area contributed by atoms with Crippen molar-refractivity contribution >= 4 is 11.9 Å². The third-order valence-corrected chi connectivity index (χ3v) is 5.33. The Labute approximate surface area is 213 Å². The van der Waals surface area contributed by atoms with Crippen molar-refractivity contribution in [3.8, 4) is 5.88 Å². The van der Waals surface area contributed by atoms with Gasteiger partial charge in [-0.3, -0.25) is 9.88 Å². The number of carboxylic acids is 2. The second-order valence-electron chi connectivity index (χ2n) is 8.39. The minimum atomic E-state index is -5.08. The molecule has 2 saturated heterocycles. The number of aliphatic carboxylic acids is 2. The van der Waals surface area contributed by atoms with Gasteiger partial charge in [0.15, 0.2) is 0 Å². The number of hydrogen-bond donors (Lipinski definition) is 2. The third-order valence-electron chi connectivity index (χ3n) is 5.33. The molecule has 1 spiro atoms. The molecule has 38 heavy (non-hydrogen) atoms. The number of carbonyl (C=O) groups is 2. The lowest BCUT2D eigenvalue weighted by Crippen LogP contribution is -2.47. The summed E-state index contributed by atoms with van der Waals surface area (Å²) in [7, 11) is 0. The van der Waals surface area contributed by atoms with E-state index in [9.17, 15) is 26.3 Å². The van der Waals surface area contributed by atoms with Crippen molar-refractivity contribution in [2.45, 2.75) is 49.9 Å². The fourth-order valence-electron chi connectivity index (χ4n) is 3.83. The van der Waals surface area contributed by atoms with Crippen LogP contribution in [0.1, 0.15) is 24.8 Å². The zero-order valence-electron chi connectivity index (χ0n) is 19.8. The zero-order chi connectivity index (χ0) is 28.4. The molecule has 2 fully saturated rings. The van der Waals surface area contributed by atoms with Crippen LogP contribution in [-0.4, -0.2) is 80.8 Å². The molecule has 0 aromatic carbocycles. The molecule has 2 aromatic heterocycles. The summed E-state index contributed by atoms with van der Waals surface area (Å²) in [5.41, 5.74) is 1.19. The lowest BCUT2D eigenvalue weighted by atomic mass is 9.89. The van der Waals surface area contributed by atoms with Crippen molar-refractivity contribution in [1.82, 2.24) is 14.9 Å². The van der Waals surface area contributed by atoms with Gasteiger partial charge in [0.1, 0.15) is 6.10 Å². The first kappa shape index (κ1) is 30.8. The molecule has 2 N–H and O–H groups in total. The molecule has 2 aliphatic rings. The molecule has 0 amide bonds. The number of rotatable bonds is 4. The number of likely N-dealkylation sites (tertiary alicyclic amines) is 1. The molecular weight excluding hydrogens is 528 g/mol. The minimum Gasteiger partial charge on any atom is -0.475 e. The van der Waals surface area contributed by atoms with Crippen LogP contribution in [0.25, 0.3) is 0 Å². The van der Waals surface area contributed by atoms with E-state index in [0.717, 1.165) is 38.9 Å². The first-order valence-electron chi connectivity index (χ1n) is 11.1. The fraction of sp³-hybridized carbons (Fsp3) is 0.478. The second-order valence-corrected chi connectivity index (χ2v) is 8.39. The summed E-state index contributed by atoms with van der Waals surface area (Å²) in [5.74, 6) is -4.83. The molecule has 0 saturated carbocycles. The predicted molar refractivity (Wildman–Crippen MR) is 118 cm³/mol. The van der Waals surface area contributed by atoms with E-state index in [1.807, 2.05) is 36.7 Å². The number of pyridine rings is 2. The molecule has 2 aromatic rings. The molecule has 15 heteroatoms. The summed E-state index contributed by atoms with van der Waals surface area (Å²) in [6.45, 7) is 3.66. The van der Waals surface area contributed by atoms with Gasteiger partial charge < -0.3 is 19.7 Å². The van der Waals surface area contributed by atoms with Crippen molar-refractivity contribution in [3.05, 3.63) is 54.5 Å². The quantitative estimate of drug-likeness (QED) is 0.542. The number of carboxylic acid groups (broad SMARTS) is 2. The standard InChI is InChI=1S/C19H23N3O2.2C2HF3O2/c1-2-9-21-18(6-1)24-17-11-19(23-14-17)7-4-10-22(15-19)13-16-5-3-8-20-12-16;2*3-2(4,5)1(6)7/h1-3,5-6,8-9,12,17H,4,7,10-11,13-15H2;2*(H,6,7)/t17-,19-;;/m0../s1. The van der Waals surface area contributed by atoms with E-state index >= 15 is 0 Å². The Morgan fingerprint density at radius 3 is 2.24 bits per heavy atom. The average molecular weight is 553 g/mol. The van der Waals surface area contributed by atoms with E-state index in [4.69, 9.17) is 29.3 Å². The number of nitrogens with zero attached hydrogens (tertiary/aromatic N) is 3. The van der Waals surface area contributed by atoms with Crippen LogP contribution < -0.4 is 4.74 Å². The van der Waals surface area contributed by atoms with E-state index in [0.29, 0.717) is 12.5 Å². The van der Waals surface area contributed by atoms with Gasteiger partial charge in [0, 0.05) is 44.2 Å². The van der Waals surface area contributed by atoms with Gasteiger partial charge >= 0.3 is 24.3 Å². The van der Waals surface area contributed by atoms with Gasteiger partial charge in [0.2, 0.25) is 5.88 Å². The van der Waals surface area contributed by atoms with Crippen LogP contribution in [0, 0.1) is 0 Å². The third kappa shape index (κ3) is 10.5. The van der Waals surface area contributed by atoms with Crippen molar-refractivity contribution in [2.24, 2.45) is 0 Å². The molecule has 9 nitrogen and oxygen atoms in total. The number of halogens is 6. The van der Waals surface area contributed by atoms with Crippen LogP contribution >= 0.6 is 0 Å². The SMILES string of the molecule is O=C(O)C(F)(F)F.O=C(O)C(F)(F)F.c1ccc(O[C@@H]2CO[C@@]3(CCCN(Cc4cccnc4)C3)C2)nc1. The van der Waals surface area contributed by atoms with Gasteiger partial charge in [-0.15, -0.1) is 0 Å². The topological polar surface area (TPSA) is 122 Å². The van der Waals surface area contributed by atoms with Crippen LogP contribution in [0.15, 0.2) is 48.9 Å². The maximum Gasteiger partial charge on any atom is 0.490 e. The lowest BCUT2D eigenvalue weighted by Gasteiger charge is -2.39. The maximum atomic E-state index is 10.6. The monoisotopic (exact) mass is 553 g/mol. The van der Waals surface area contributed by atoms with Gasteiger partial charge in [0.25, 0.3) is 0 Å². The summed E-state index contributed by atoms with van der Waals surface area (Å²) in [5, 5.41) is 14.2. The van der Waals surface area contributed by atoms with Crippen LogP contribution in [0.2, 0.25) is 0 Å². The van der Waals surface area contributed by atoms with Crippen molar-refractivity contribution < 1.29 is 55.6 Å². The van der Waals surface area contributed by atoms with Crippen LogP contribution in [0.5, 0.6) is 5.88 Å². The highest BCUT2D eigenvalue weighted by atomic mass is 19.4.